The number of hydrogen-bond donors (Lipinski definition) is 1. The highest BCUT2D eigenvalue weighted by Gasteiger charge is 2.18. The van der Waals surface area contributed by atoms with Gasteiger partial charge in [0.25, 0.3) is 5.69 Å². The van der Waals surface area contributed by atoms with Crippen LogP contribution in [0.3, 0.4) is 0 Å². The van der Waals surface area contributed by atoms with E-state index < -0.39 is 4.92 Å². The topological polar surface area (TPSA) is 72.4 Å². The van der Waals surface area contributed by atoms with Gasteiger partial charge in [-0.3, -0.25) is 15.0 Å². The lowest BCUT2D eigenvalue weighted by atomic mass is 10.1. The Bertz CT molecular complexity index is 453. The number of nitrogen functional groups attached to an aromatic ring is 1. The molecule has 0 saturated carbocycles. The van der Waals surface area contributed by atoms with Crippen molar-refractivity contribution in [2.45, 2.75) is 18.7 Å². The molecule has 1 saturated heterocycles. The highest BCUT2D eigenvalue weighted by molar-refractivity contribution is 7.99. The first-order chi connectivity index (χ1) is 8.56. The second-order valence-corrected chi connectivity index (χ2v) is 6.11. The van der Waals surface area contributed by atoms with Crippen molar-refractivity contribution in [2.24, 2.45) is 0 Å². The van der Waals surface area contributed by atoms with Crippen LogP contribution in [0.2, 0.25) is 0 Å². The Labute approximate surface area is 110 Å². The van der Waals surface area contributed by atoms with Gasteiger partial charge in [0.2, 0.25) is 0 Å². The molecule has 1 heterocycles. The van der Waals surface area contributed by atoms with Crippen LogP contribution in [0, 0.1) is 10.1 Å². The highest BCUT2D eigenvalue weighted by atomic mass is 32.2. The highest BCUT2D eigenvalue weighted by Crippen LogP contribution is 2.24. The number of thioether (sulfide) groups is 1. The molecule has 1 aliphatic rings. The van der Waals surface area contributed by atoms with Gasteiger partial charge in [-0.15, -0.1) is 0 Å². The van der Waals surface area contributed by atoms with Gasteiger partial charge in [-0.1, -0.05) is 13.0 Å². The monoisotopic (exact) mass is 267 g/mol. The van der Waals surface area contributed by atoms with Crippen LogP contribution in [0.5, 0.6) is 0 Å². The molecule has 18 heavy (non-hydrogen) atoms. The third kappa shape index (κ3) is 3.14. The summed E-state index contributed by atoms with van der Waals surface area (Å²) in [5, 5.41) is 11.3. The summed E-state index contributed by atoms with van der Waals surface area (Å²) < 4.78 is 0. The van der Waals surface area contributed by atoms with E-state index in [9.17, 15) is 10.1 Å². The van der Waals surface area contributed by atoms with Crippen LogP contribution >= 0.6 is 11.8 Å². The van der Waals surface area contributed by atoms with Crippen molar-refractivity contribution in [3.05, 3.63) is 33.9 Å². The Morgan fingerprint density at radius 3 is 3.00 bits per heavy atom. The lowest BCUT2D eigenvalue weighted by Gasteiger charge is -2.30. The van der Waals surface area contributed by atoms with E-state index in [0.29, 0.717) is 5.25 Å². The van der Waals surface area contributed by atoms with Crippen LogP contribution in [0.1, 0.15) is 12.5 Å². The molecular weight excluding hydrogens is 250 g/mol. The zero-order chi connectivity index (χ0) is 13.1. The van der Waals surface area contributed by atoms with Crippen LogP contribution in [0.15, 0.2) is 18.2 Å². The summed E-state index contributed by atoms with van der Waals surface area (Å²) in [5.74, 6) is 1.14. The molecule has 1 aromatic rings. The third-order valence-electron chi connectivity index (χ3n) is 3.02. The Morgan fingerprint density at radius 1 is 1.61 bits per heavy atom. The first kappa shape index (κ1) is 13.2. The molecule has 2 rings (SSSR count). The zero-order valence-corrected chi connectivity index (χ0v) is 11.2. The van der Waals surface area contributed by atoms with Crippen molar-refractivity contribution in [2.75, 3.05) is 24.6 Å². The average molecular weight is 267 g/mol. The van der Waals surface area contributed by atoms with Gasteiger partial charge in [0.1, 0.15) is 5.69 Å². The fourth-order valence-corrected chi connectivity index (χ4v) is 3.24. The predicted octanol–water partition coefficient (Wildman–Crippen LogP) is 2.11. The molecule has 2 N–H and O–H groups in total. The molecule has 0 spiro atoms. The maximum absolute atomic E-state index is 10.7. The van der Waals surface area contributed by atoms with Crippen molar-refractivity contribution in [1.82, 2.24) is 4.90 Å². The molecule has 0 bridgehead atoms. The molecule has 1 fully saturated rings. The van der Waals surface area contributed by atoms with E-state index in [1.165, 1.54) is 6.07 Å². The molecule has 1 aromatic carbocycles. The maximum Gasteiger partial charge on any atom is 0.292 e. The van der Waals surface area contributed by atoms with Gasteiger partial charge >= 0.3 is 0 Å². The first-order valence-electron chi connectivity index (χ1n) is 5.93. The fraction of sp³-hybridized carbons (Fsp3) is 0.500. The van der Waals surface area contributed by atoms with Crippen LogP contribution in [-0.4, -0.2) is 33.9 Å². The van der Waals surface area contributed by atoms with Crippen molar-refractivity contribution < 1.29 is 4.92 Å². The van der Waals surface area contributed by atoms with Crippen LogP contribution in [-0.2, 0) is 6.54 Å². The van der Waals surface area contributed by atoms with E-state index in [1.54, 1.807) is 12.1 Å². The van der Waals surface area contributed by atoms with Gasteiger partial charge in [-0.2, -0.15) is 11.8 Å². The van der Waals surface area contributed by atoms with E-state index >= 15 is 0 Å². The Morgan fingerprint density at radius 2 is 2.39 bits per heavy atom. The van der Waals surface area contributed by atoms with E-state index in [0.717, 1.165) is 31.0 Å². The molecule has 0 amide bonds. The SMILES string of the molecule is CC1CN(Cc2ccc([N+](=O)[O-])c(N)c2)CCS1. The molecule has 6 heteroatoms. The van der Waals surface area contributed by atoms with Crippen molar-refractivity contribution >= 4 is 23.1 Å². The second kappa shape index (κ2) is 5.58. The first-order valence-corrected chi connectivity index (χ1v) is 6.98. The average Bonchev–Trinajstić information content (AvgIpc) is 2.28. The van der Waals surface area contributed by atoms with Gasteiger partial charge in [0, 0.05) is 36.7 Å². The summed E-state index contributed by atoms with van der Waals surface area (Å²) in [4.78, 5) is 12.6. The van der Waals surface area contributed by atoms with Gasteiger partial charge in [-0.05, 0) is 11.6 Å². The Hall–Kier alpha value is -1.27. The molecule has 1 aliphatic heterocycles. The summed E-state index contributed by atoms with van der Waals surface area (Å²) in [6, 6.07) is 5.00. The number of hydrogen-bond acceptors (Lipinski definition) is 5. The van der Waals surface area contributed by atoms with Crippen LogP contribution in [0.25, 0.3) is 0 Å². The van der Waals surface area contributed by atoms with Gasteiger partial charge in [0.15, 0.2) is 0 Å². The molecule has 1 unspecified atom stereocenters. The summed E-state index contributed by atoms with van der Waals surface area (Å²) in [6.45, 7) is 5.15. The number of nitro groups is 1. The Kier molecular flexibility index (Phi) is 4.08. The largest absolute Gasteiger partial charge is 0.393 e. The molecule has 0 radical (unpaired) electrons. The minimum absolute atomic E-state index is 0.0127. The Balaban J connectivity index is 2.05. The van der Waals surface area contributed by atoms with E-state index in [1.807, 2.05) is 11.8 Å². The maximum atomic E-state index is 10.7. The van der Waals surface area contributed by atoms with Crippen LogP contribution in [0.4, 0.5) is 11.4 Å². The van der Waals surface area contributed by atoms with Crippen LogP contribution < -0.4 is 5.73 Å². The second-order valence-electron chi connectivity index (χ2n) is 4.57. The normalized spacial score (nSPS) is 20.8. The molecule has 1 atom stereocenters. The summed E-state index contributed by atoms with van der Waals surface area (Å²) in [7, 11) is 0. The number of anilines is 1. The fourth-order valence-electron chi connectivity index (χ4n) is 2.16. The number of rotatable bonds is 3. The standard InChI is InChI=1S/C12H17N3O2S/c1-9-7-14(4-5-18-9)8-10-2-3-12(15(16)17)11(13)6-10/h2-3,6,9H,4-5,7-8,13H2,1H3. The molecule has 0 aromatic heterocycles. The van der Waals surface area contributed by atoms with E-state index in [-0.39, 0.29) is 11.4 Å². The number of nitro benzene ring substituents is 1. The lowest BCUT2D eigenvalue weighted by molar-refractivity contribution is -0.383. The number of nitrogens with two attached hydrogens (primary N) is 1. The minimum Gasteiger partial charge on any atom is -0.393 e. The van der Waals surface area contributed by atoms with Crippen molar-refractivity contribution in [3.63, 3.8) is 0 Å². The summed E-state index contributed by atoms with van der Waals surface area (Å²) >= 11 is 1.99. The molecule has 5 nitrogen and oxygen atoms in total. The molecule has 98 valence electrons. The van der Waals surface area contributed by atoms with Crippen molar-refractivity contribution in [1.29, 1.82) is 0 Å². The van der Waals surface area contributed by atoms with E-state index in [2.05, 4.69) is 11.8 Å². The van der Waals surface area contributed by atoms with Gasteiger partial charge < -0.3 is 5.73 Å². The van der Waals surface area contributed by atoms with Gasteiger partial charge in [-0.25, -0.2) is 0 Å². The minimum atomic E-state index is -0.446. The number of nitrogens with zero attached hydrogens (tertiary/aromatic N) is 2. The third-order valence-corrected chi connectivity index (χ3v) is 4.16. The lowest BCUT2D eigenvalue weighted by Crippen LogP contribution is -2.36. The van der Waals surface area contributed by atoms with Crippen molar-refractivity contribution in [3.8, 4) is 0 Å². The quantitative estimate of drug-likeness (QED) is 0.516. The van der Waals surface area contributed by atoms with Gasteiger partial charge in [0.05, 0.1) is 4.92 Å². The van der Waals surface area contributed by atoms with E-state index in [4.69, 9.17) is 5.73 Å². The summed E-state index contributed by atoms with van der Waals surface area (Å²) in [5.41, 5.74) is 6.96. The number of benzene rings is 1. The molecule has 0 aliphatic carbocycles. The smallest absolute Gasteiger partial charge is 0.292 e. The predicted molar refractivity (Wildman–Crippen MR) is 74.7 cm³/mol. The molecular formula is C12H17N3O2S. The zero-order valence-electron chi connectivity index (χ0n) is 10.3. The summed E-state index contributed by atoms with van der Waals surface area (Å²) in [6.07, 6.45) is 0.